The summed E-state index contributed by atoms with van der Waals surface area (Å²) in [5.74, 6) is 0. The van der Waals surface area contributed by atoms with E-state index in [0.29, 0.717) is 0 Å². The minimum atomic E-state index is 1.06. The Morgan fingerprint density at radius 3 is 2.20 bits per heavy atom. The van der Waals surface area contributed by atoms with Gasteiger partial charge in [0.1, 0.15) is 0 Å². The van der Waals surface area contributed by atoms with E-state index in [1.165, 1.54) is 17.1 Å². The fourth-order valence-corrected chi connectivity index (χ4v) is 1.42. The van der Waals surface area contributed by atoms with Crippen molar-refractivity contribution in [2.75, 3.05) is 0 Å². The van der Waals surface area contributed by atoms with Gasteiger partial charge in [0.15, 0.2) is 0 Å². The minimum Gasteiger partial charge on any atom is -0.256 e. The number of para-hydroxylation sites is 1. The predicted molar refractivity (Wildman–Crippen MR) is 61.7 cm³/mol. The van der Waals surface area contributed by atoms with Crippen LogP contribution in [-0.2, 0) is 0 Å². The first-order valence-corrected chi connectivity index (χ1v) is 5.21. The van der Waals surface area contributed by atoms with Crippen molar-refractivity contribution in [3.05, 3.63) is 55.0 Å². The molecule has 3 aromatic rings. The van der Waals surface area contributed by atoms with Gasteiger partial charge in [-0.1, -0.05) is 24.3 Å². The molecule has 0 atom stereocenters. The Morgan fingerprint density at radius 1 is 0.800 bits per heavy atom. The highest BCUT2D eigenvalue weighted by molar-refractivity contribution is 6.98. The van der Waals surface area contributed by atoms with Gasteiger partial charge in [-0.3, -0.25) is 4.98 Å². The lowest BCUT2D eigenvalue weighted by Crippen LogP contribution is -1.73. The van der Waals surface area contributed by atoms with Crippen molar-refractivity contribution < 1.29 is 0 Å². The first kappa shape index (κ1) is 9.73. The number of pyridine rings is 1. The van der Waals surface area contributed by atoms with Crippen LogP contribution in [0.1, 0.15) is 0 Å². The van der Waals surface area contributed by atoms with Gasteiger partial charge in [-0.25, -0.2) is 0 Å². The lowest BCUT2D eigenvalue weighted by Gasteiger charge is -1.91. The zero-order valence-corrected chi connectivity index (χ0v) is 8.76. The maximum atomic E-state index is 4.18. The van der Waals surface area contributed by atoms with Crippen LogP contribution in [0.3, 0.4) is 0 Å². The molecule has 0 N–H and O–H groups in total. The quantitative estimate of drug-likeness (QED) is 0.578. The van der Waals surface area contributed by atoms with E-state index in [-0.39, 0.29) is 0 Å². The Morgan fingerprint density at radius 2 is 1.53 bits per heavy atom. The third kappa shape index (κ3) is 2.82. The van der Waals surface area contributed by atoms with Crippen molar-refractivity contribution in [2.45, 2.75) is 0 Å². The second-order valence-electron chi connectivity index (χ2n) is 2.79. The highest BCUT2D eigenvalue weighted by Gasteiger charge is 1.86. The molecule has 0 aliphatic rings. The van der Waals surface area contributed by atoms with Crippen molar-refractivity contribution >= 4 is 22.6 Å². The molecule has 2 heterocycles. The maximum Gasteiger partial charge on any atom is 0.0701 e. The summed E-state index contributed by atoms with van der Waals surface area (Å²) in [6.45, 7) is 0. The summed E-state index contributed by atoms with van der Waals surface area (Å²) in [4.78, 5) is 4.18. The predicted octanol–water partition coefficient (Wildman–Crippen LogP) is 2.77. The fraction of sp³-hybridized carbons (Fsp3) is 0. The third-order valence-electron chi connectivity index (χ3n) is 1.79. The van der Waals surface area contributed by atoms with E-state index in [2.05, 4.69) is 25.9 Å². The number of nitrogens with zero attached hydrogens (tertiary/aromatic N) is 3. The molecule has 4 heteroatoms. The normalized spacial score (nSPS) is 9.33. The Hall–Kier alpha value is -1.81. The number of fused-ring (bicyclic) bond motifs is 1. The van der Waals surface area contributed by atoms with E-state index >= 15 is 0 Å². The van der Waals surface area contributed by atoms with Crippen LogP contribution < -0.4 is 0 Å². The van der Waals surface area contributed by atoms with Crippen LogP contribution in [0.25, 0.3) is 10.9 Å². The largest absolute Gasteiger partial charge is 0.256 e. The molecule has 0 amide bonds. The van der Waals surface area contributed by atoms with Crippen LogP contribution in [0.2, 0.25) is 0 Å². The first-order chi connectivity index (χ1) is 7.47. The highest BCUT2D eigenvalue weighted by Crippen LogP contribution is 2.07. The van der Waals surface area contributed by atoms with Gasteiger partial charge in [0.25, 0.3) is 0 Å². The molecule has 0 saturated heterocycles. The van der Waals surface area contributed by atoms with Gasteiger partial charge in [0, 0.05) is 11.6 Å². The monoisotopic (exact) mass is 215 g/mol. The van der Waals surface area contributed by atoms with Gasteiger partial charge in [-0.2, -0.15) is 8.75 Å². The summed E-state index contributed by atoms with van der Waals surface area (Å²) >= 11 is 1.21. The second kappa shape index (κ2) is 5.17. The molecule has 3 nitrogen and oxygen atoms in total. The summed E-state index contributed by atoms with van der Waals surface area (Å²) < 4.78 is 7.31. The summed E-state index contributed by atoms with van der Waals surface area (Å²) in [6, 6.07) is 12.1. The van der Waals surface area contributed by atoms with Crippen LogP contribution in [0.5, 0.6) is 0 Å². The van der Waals surface area contributed by atoms with Gasteiger partial charge in [-0.15, -0.1) is 0 Å². The van der Waals surface area contributed by atoms with Crippen molar-refractivity contribution in [3.8, 4) is 0 Å². The zero-order chi connectivity index (χ0) is 10.3. The molecule has 74 valence electrons. The molecule has 0 fully saturated rings. The van der Waals surface area contributed by atoms with Gasteiger partial charge in [-0.05, 0) is 12.1 Å². The molecule has 1 aromatic carbocycles. The standard InChI is InChI=1S/C9H7N.C2H2N2S/c1-2-6-9-8(4-1)5-3-7-10-9;1-2-4-5-3-1/h1-7H;1-2H. The lowest BCUT2D eigenvalue weighted by molar-refractivity contribution is 1.41. The van der Waals surface area contributed by atoms with E-state index in [9.17, 15) is 0 Å². The van der Waals surface area contributed by atoms with Gasteiger partial charge in [0.2, 0.25) is 0 Å². The van der Waals surface area contributed by atoms with Gasteiger partial charge < -0.3 is 0 Å². The Labute approximate surface area is 91.8 Å². The topological polar surface area (TPSA) is 38.7 Å². The highest BCUT2D eigenvalue weighted by atomic mass is 32.1. The van der Waals surface area contributed by atoms with Gasteiger partial charge >= 0.3 is 0 Å². The Balaban J connectivity index is 0.000000144. The van der Waals surface area contributed by atoms with Crippen molar-refractivity contribution in [2.24, 2.45) is 0 Å². The molecular weight excluding hydrogens is 206 g/mol. The van der Waals surface area contributed by atoms with Gasteiger partial charge in [0.05, 0.1) is 29.6 Å². The molecule has 0 aliphatic carbocycles. The molecule has 0 aliphatic heterocycles. The summed E-state index contributed by atoms with van der Waals surface area (Å²) in [7, 11) is 0. The second-order valence-corrected chi connectivity index (χ2v) is 3.37. The van der Waals surface area contributed by atoms with Crippen molar-refractivity contribution in [3.63, 3.8) is 0 Å². The Kier molecular flexibility index (Phi) is 3.35. The van der Waals surface area contributed by atoms with Crippen LogP contribution in [0.4, 0.5) is 0 Å². The lowest BCUT2D eigenvalue weighted by atomic mass is 10.2. The molecule has 0 radical (unpaired) electrons. The summed E-state index contributed by atoms with van der Waals surface area (Å²) in [5.41, 5.74) is 1.06. The SMILES string of the molecule is c1ccc2ncccc2c1.c1cnsn1. The van der Waals surface area contributed by atoms with Crippen LogP contribution in [-0.4, -0.2) is 13.7 Å². The van der Waals surface area contributed by atoms with E-state index in [1.807, 2.05) is 30.5 Å². The van der Waals surface area contributed by atoms with E-state index in [0.717, 1.165) is 5.52 Å². The molecular formula is C11H9N3S. The maximum absolute atomic E-state index is 4.18. The van der Waals surface area contributed by atoms with E-state index in [1.54, 1.807) is 12.4 Å². The molecule has 0 saturated carbocycles. The van der Waals surface area contributed by atoms with Crippen LogP contribution >= 0.6 is 11.7 Å². The average molecular weight is 215 g/mol. The Bertz CT molecular complexity index is 425. The number of benzene rings is 1. The molecule has 15 heavy (non-hydrogen) atoms. The average Bonchev–Trinajstić information content (AvgIpc) is 2.88. The van der Waals surface area contributed by atoms with Crippen LogP contribution in [0, 0.1) is 0 Å². The van der Waals surface area contributed by atoms with E-state index < -0.39 is 0 Å². The molecule has 0 unspecified atom stereocenters. The number of aromatic nitrogens is 3. The molecule has 3 rings (SSSR count). The molecule has 0 bridgehead atoms. The summed E-state index contributed by atoms with van der Waals surface area (Å²) in [6.07, 6.45) is 5.12. The number of hydrogen-bond donors (Lipinski definition) is 0. The van der Waals surface area contributed by atoms with Crippen LogP contribution in [0.15, 0.2) is 55.0 Å². The smallest absolute Gasteiger partial charge is 0.0701 e. The fourth-order valence-electron chi connectivity index (χ4n) is 1.15. The number of rotatable bonds is 0. The molecule has 0 spiro atoms. The summed E-state index contributed by atoms with van der Waals surface area (Å²) in [5, 5.41) is 1.20. The van der Waals surface area contributed by atoms with Crippen molar-refractivity contribution in [1.82, 2.24) is 13.7 Å². The van der Waals surface area contributed by atoms with E-state index in [4.69, 9.17) is 0 Å². The first-order valence-electron chi connectivity index (χ1n) is 4.48. The zero-order valence-electron chi connectivity index (χ0n) is 7.95. The van der Waals surface area contributed by atoms with Crippen molar-refractivity contribution in [1.29, 1.82) is 0 Å². The molecule has 2 aromatic heterocycles. The third-order valence-corrected chi connectivity index (χ3v) is 2.23. The number of hydrogen-bond acceptors (Lipinski definition) is 4. The minimum absolute atomic E-state index is 1.06.